The minimum absolute atomic E-state index is 0.216. The fourth-order valence-corrected chi connectivity index (χ4v) is 2.95. The van der Waals surface area contributed by atoms with Gasteiger partial charge in [-0.3, -0.25) is 4.79 Å². The van der Waals surface area contributed by atoms with Crippen LogP contribution in [0.5, 0.6) is 0 Å². The largest absolute Gasteiger partial charge is 0.379 e. The van der Waals surface area contributed by atoms with Gasteiger partial charge in [-0.25, -0.2) is 4.68 Å². The Balaban J connectivity index is 2.11. The highest BCUT2D eigenvalue weighted by molar-refractivity contribution is 6.32. The van der Waals surface area contributed by atoms with Crippen LogP contribution >= 0.6 is 11.6 Å². The molecule has 0 bridgehead atoms. The van der Waals surface area contributed by atoms with Crippen molar-refractivity contribution in [1.82, 2.24) is 14.7 Å². The molecule has 1 saturated carbocycles. The van der Waals surface area contributed by atoms with E-state index in [9.17, 15) is 4.79 Å². The minimum atomic E-state index is -0.216. The second-order valence-electron chi connectivity index (χ2n) is 6.22. The van der Waals surface area contributed by atoms with Crippen molar-refractivity contribution in [1.29, 1.82) is 0 Å². The van der Waals surface area contributed by atoms with Gasteiger partial charge in [0.05, 0.1) is 18.4 Å². The van der Waals surface area contributed by atoms with Crippen molar-refractivity contribution in [2.45, 2.75) is 45.2 Å². The lowest BCUT2D eigenvalue weighted by Gasteiger charge is -2.30. The summed E-state index contributed by atoms with van der Waals surface area (Å²) in [7, 11) is 3.93. The van der Waals surface area contributed by atoms with Crippen molar-refractivity contribution in [2.75, 3.05) is 26.0 Å². The van der Waals surface area contributed by atoms with E-state index in [1.807, 2.05) is 19.0 Å². The van der Waals surface area contributed by atoms with Crippen LogP contribution in [0.4, 0.5) is 5.69 Å². The first-order valence-electron chi connectivity index (χ1n) is 7.66. The van der Waals surface area contributed by atoms with Gasteiger partial charge in [0.1, 0.15) is 5.02 Å². The van der Waals surface area contributed by atoms with Crippen LogP contribution in [0.3, 0.4) is 0 Å². The van der Waals surface area contributed by atoms with Gasteiger partial charge in [0, 0.05) is 12.6 Å². The number of hydrogen-bond acceptors (Lipinski definition) is 4. The zero-order valence-electron chi connectivity index (χ0n) is 13.1. The second kappa shape index (κ2) is 7.27. The monoisotopic (exact) mass is 312 g/mol. The van der Waals surface area contributed by atoms with E-state index in [1.165, 1.54) is 23.9 Å². The van der Waals surface area contributed by atoms with E-state index in [4.69, 9.17) is 11.6 Å². The third-order valence-electron chi connectivity index (χ3n) is 4.20. The molecule has 1 aliphatic carbocycles. The number of nitrogens with zero attached hydrogens (tertiary/aromatic N) is 3. The average Bonchev–Trinajstić information content (AvgIpc) is 2.45. The average molecular weight is 313 g/mol. The first-order valence-corrected chi connectivity index (χ1v) is 8.03. The fraction of sp³-hybridized carbons (Fsp3) is 0.733. The Morgan fingerprint density at radius 3 is 2.81 bits per heavy atom. The molecule has 0 aromatic carbocycles. The molecule has 0 saturated heterocycles. The third-order valence-corrected chi connectivity index (χ3v) is 4.56. The smallest absolute Gasteiger partial charge is 0.287 e. The number of nitrogens with one attached hydrogen (secondary N) is 1. The molecule has 2 atom stereocenters. The molecule has 1 fully saturated rings. The lowest BCUT2D eigenvalue weighted by molar-refractivity contribution is 0.349. The standard InChI is InChI=1S/C15H25ClN4O/c1-11-6-4-5-7-12(11)18-13-10-17-20(9-8-19(2)3)15(21)14(13)16/h10-12,18H,4-9H2,1-3H3. The summed E-state index contributed by atoms with van der Waals surface area (Å²) in [5.41, 5.74) is 0.452. The van der Waals surface area contributed by atoms with E-state index >= 15 is 0 Å². The molecule has 1 aromatic rings. The molecule has 0 spiro atoms. The van der Waals surface area contributed by atoms with Gasteiger partial charge in [-0.1, -0.05) is 31.4 Å². The Hall–Kier alpha value is -1.07. The lowest BCUT2D eigenvalue weighted by Crippen LogP contribution is -2.33. The summed E-state index contributed by atoms with van der Waals surface area (Å²) in [6.07, 6.45) is 6.55. The predicted molar refractivity (Wildman–Crippen MR) is 87.1 cm³/mol. The lowest BCUT2D eigenvalue weighted by atomic mass is 9.86. The van der Waals surface area contributed by atoms with Gasteiger partial charge >= 0.3 is 0 Å². The molecule has 118 valence electrons. The van der Waals surface area contributed by atoms with Crippen LogP contribution in [0, 0.1) is 5.92 Å². The highest BCUT2D eigenvalue weighted by Gasteiger charge is 2.22. The zero-order chi connectivity index (χ0) is 15.4. The van der Waals surface area contributed by atoms with Crippen LogP contribution in [0.2, 0.25) is 5.02 Å². The summed E-state index contributed by atoms with van der Waals surface area (Å²) < 4.78 is 1.43. The molecule has 21 heavy (non-hydrogen) atoms. The van der Waals surface area contributed by atoms with Gasteiger partial charge in [-0.2, -0.15) is 5.10 Å². The molecule has 2 rings (SSSR count). The maximum atomic E-state index is 12.2. The Kier molecular flexibility index (Phi) is 5.65. The van der Waals surface area contributed by atoms with Gasteiger partial charge in [0.2, 0.25) is 0 Å². The summed E-state index contributed by atoms with van der Waals surface area (Å²) in [6, 6.07) is 0.384. The summed E-state index contributed by atoms with van der Waals surface area (Å²) >= 11 is 6.23. The molecule has 0 radical (unpaired) electrons. The Bertz CT molecular complexity index is 529. The van der Waals surface area contributed by atoms with Crippen LogP contribution in [-0.2, 0) is 6.54 Å². The first-order chi connectivity index (χ1) is 9.99. The third kappa shape index (κ3) is 4.20. The van der Waals surface area contributed by atoms with Crippen LogP contribution in [0.25, 0.3) is 0 Å². The maximum Gasteiger partial charge on any atom is 0.287 e. The van der Waals surface area contributed by atoms with E-state index in [1.54, 1.807) is 6.20 Å². The van der Waals surface area contributed by atoms with E-state index in [0.717, 1.165) is 13.0 Å². The van der Waals surface area contributed by atoms with Gasteiger partial charge in [-0.15, -0.1) is 0 Å². The Morgan fingerprint density at radius 1 is 1.43 bits per heavy atom. The predicted octanol–water partition coefficient (Wildman–Crippen LogP) is 2.45. The van der Waals surface area contributed by atoms with Gasteiger partial charge in [0.15, 0.2) is 0 Å². The molecule has 1 aromatic heterocycles. The van der Waals surface area contributed by atoms with Gasteiger partial charge < -0.3 is 10.2 Å². The molecule has 1 aliphatic rings. The number of hydrogen-bond donors (Lipinski definition) is 1. The van der Waals surface area contributed by atoms with Crippen LogP contribution < -0.4 is 10.9 Å². The fourth-order valence-electron chi connectivity index (χ4n) is 2.75. The first kappa shape index (κ1) is 16.3. The summed E-state index contributed by atoms with van der Waals surface area (Å²) in [4.78, 5) is 14.2. The molecule has 0 aliphatic heterocycles. The van der Waals surface area contributed by atoms with Crippen molar-refractivity contribution in [3.8, 4) is 0 Å². The van der Waals surface area contributed by atoms with E-state index in [0.29, 0.717) is 24.2 Å². The van der Waals surface area contributed by atoms with Crippen molar-refractivity contribution in [2.24, 2.45) is 5.92 Å². The summed E-state index contributed by atoms with van der Waals surface area (Å²) in [5.74, 6) is 0.603. The van der Waals surface area contributed by atoms with Crippen molar-refractivity contribution in [3.63, 3.8) is 0 Å². The van der Waals surface area contributed by atoms with Crippen LogP contribution in [0.1, 0.15) is 32.6 Å². The molecule has 1 heterocycles. The molecule has 5 nitrogen and oxygen atoms in total. The van der Waals surface area contributed by atoms with Crippen LogP contribution in [-0.4, -0.2) is 41.4 Å². The molecular formula is C15H25ClN4O. The summed E-state index contributed by atoms with van der Waals surface area (Å²) in [6.45, 7) is 3.55. The normalized spacial score (nSPS) is 22.5. The van der Waals surface area contributed by atoms with Crippen molar-refractivity contribution >= 4 is 17.3 Å². The SMILES string of the molecule is CC1CCCCC1Nc1cnn(CCN(C)C)c(=O)c1Cl. The van der Waals surface area contributed by atoms with Gasteiger partial charge in [-0.05, 0) is 32.9 Å². The van der Waals surface area contributed by atoms with E-state index in [2.05, 4.69) is 17.3 Å². The number of aromatic nitrogens is 2. The van der Waals surface area contributed by atoms with Crippen molar-refractivity contribution < 1.29 is 0 Å². The number of halogens is 1. The molecule has 6 heteroatoms. The minimum Gasteiger partial charge on any atom is -0.379 e. The highest BCUT2D eigenvalue weighted by Crippen LogP contribution is 2.28. The second-order valence-corrected chi connectivity index (χ2v) is 6.59. The van der Waals surface area contributed by atoms with Crippen LogP contribution in [0.15, 0.2) is 11.0 Å². The van der Waals surface area contributed by atoms with E-state index < -0.39 is 0 Å². The van der Waals surface area contributed by atoms with Gasteiger partial charge in [0.25, 0.3) is 5.56 Å². The highest BCUT2D eigenvalue weighted by atomic mass is 35.5. The molecule has 2 unspecified atom stereocenters. The molecule has 1 N–H and O–H groups in total. The quantitative estimate of drug-likeness (QED) is 0.907. The topological polar surface area (TPSA) is 50.2 Å². The maximum absolute atomic E-state index is 12.2. The zero-order valence-corrected chi connectivity index (χ0v) is 13.9. The Labute approximate surface area is 131 Å². The number of anilines is 1. The summed E-state index contributed by atoms with van der Waals surface area (Å²) in [5, 5.41) is 7.90. The molecule has 0 amide bonds. The van der Waals surface area contributed by atoms with E-state index in [-0.39, 0.29) is 10.6 Å². The molecular weight excluding hydrogens is 288 g/mol. The number of likely N-dealkylation sites (N-methyl/N-ethyl adjacent to an activating group) is 1. The van der Waals surface area contributed by atoms with Crippen molar-refractivity contribution in [3.05, 3.63) is 21.6 Å². The Morgan fingerprint density at radius 2 is 2.14 bits per heavy atom. The number of rotatable bonds is 5.